The number of H-pyrrole nitrogens is 1. The van der Waals surface area contributed by atoms with Crippen LogP contribution >= 0.6 is 11.6 Å². The minimum absolute atomic E-state index is 0.119. The zero-order valence-electron chi connectivity index (χ0n) is 15.3. The normalized spacial score (nSPS) is 18.6. The fourth-order valence-corrected chi connectivity index (χ4v) is 3.78. The molecule has 146 valence electrons. The van der Waals surface area contributed by atoms with Gasteiger partial charge in [0.1, 0.15) is 5.82 Å². The Balaban J connectivity index is 1.68. The second-order valence-corrected chi connectivity index (χ2v) is 7.54. The highest BCUT2D eigenvalue weighted by Crippen LogP contribution is 2.31. The molecule has 2 aliphatic rings. The maximum atomic E-state index is 12.9. The minimum atomic E-state index is -0.925. The first-order valence-electron chi connectivity index (χ1n) is 9.18. The molecule has 0 saturated carbocycles. The number of anilines is 3. The third-order valence-electron chi connectivity index (χ3n) is 5.12. The first-order valence-corrected chi connectivity index (χ1v) is 9.56. The maximum absolute atomic E-state index is 12.9. The predicted octanol–water partition coefficient (Wildman–Crippen LogP) is 2.40. The summed E-state index contributed by atoms with van der Waals surface area (Å²) in [4.78, 5) is 47.0. The van der Waals surface area contributed by atoms with Crippen LogP contribution < -0.4 is 21.1 Å². The summed E-state index contributed by atoms with van der Waals surface area (Å²) in [7, 11) is 0. The van der Waals surface area contributed by atoms with Gasteiger partial charge in [-0.3, -0.25) is 19.4 Å². The summed E-state index contributed by atoms with van der Waals surface area (Å²) in [5.41, 5.74) is 1.15. The highest BCUT2D eigenvalue weighted by molar-refractivity contribution is 6.31. The van der Waals surface area contributed by atoms with Crippen LogP contribution in [0.4, 0.5) is 17.5 Å². The number of rotatable bonds is 3. The van der Waals surface area contributed by atoms with Crippen molar-refractivity contribution in [3.8, 4) is 0 Å². The number of nitrogens with zero attached hydrogens (tertiary/aromatic N) is 2. The van der Waals surface area contributed by atoms with Crippen molar-refractivity contribution in [2.24, 2.45) is 0 Å². The molecule has 1 saturated heterocycles. The molecule has 3 N–H and O–H groups in total. The quantitative estimate of drug-likeness (QED) is 0.732. The summed E-state index contributed by atoms with van der Waals surface area (Å²) in [6.07, 6.45) is 1.93. The van der Waals surface area contributed by atoms with Gasteiger partial charge in [0, 0.05) is 30.2 Å². The molecule has 1 aromatic carbocycles. The smallest absolute Gasteiger partial charge is 0.258 e. The first kappa shape index (κ1) is 18.5. The van der Waals surface area contributed by atoms with Crippen molar-refractivity contribution in [2.75, 3.05) is 28.6 Å². The fraction of sp³-hybridized carbons (Fsp3) is 0.368. The van der Waals surface area contributed by atoms with Crippen molar-refractivity contribution in [2.45, 2.75) is 32.1 Å². The van der Waals surface area contributed by atoms with Crippen LogP contribution in [0.25, 0.3) is 0 Å². The summed E-state index contributed by atoms with van der Waals surface area (Å²) < 4.78 is 0. The third-order valence-corrected chi connectivity index (χ3v) is 5.35. The Morgan fingerprint density at radius 2 is 2.04 bits per heavy atom. The molecule has 1 aromatic heterocycles. The molecular formula is C19H20ClN5O3. The van der Waals surface area contributed by atoms with E-state index in [4.69, 9.17) is 11.6 Å². The number of benzene rings is 1. The van der Waals surface area contributed by atoms with E-state index in [9.17, 15) is 14.4 Å². The molecule has 2 aromatic rings. The Morgan fingerprint density at radius 1 is 1.29 bits per heavy atom. The standard InChI is InChI=1S/C19H20ClN5O3/c1-10-4-5-11(20)8-13(10)21-17(27)12-9-14(26)22-16-15(12)18(28)24-19(23-16)25-6-2-3-7-25/h4-5,8,12H,2-3,6-7,9H2,1H3,(H,21,27)(H2,22,23,24,26,28)/t12-/m0/s1. The lowest BCUT2D eigenvalue weighted by Crippen LogP contribution is -2.37. The van der Waals surface area contributed by atoms with E-state index in [-0.39, 0.29) is 23.7 Å². The summed E-state index contributed by atoms with van der Waals surface area (Å²) in [5.74, 6) is -1.13. The minimum Gasteiger partial charge on any atom is -0.342 e. The van der Waals surface area contributed by atoms with E-state index in [1.165, 1.54) is 0 Å². The van der Waals surface area contributed by atoms with E-state index >= 15 is 0 Å². The van der Waals surface area contributed by atoms with Gasteiger partial charge in [0.2, 0.25) is 17.8 Å². The predicted molar refractivity (Wildman–Crippen MR) is 107 cm³/mol. The van der Waals surface area contributed by atoms with Crippen LogP contribution in [0, 0.1) is 6.92 Å². The molecule has 28 heavy (non-hydrogen) atoms. The molecule has 1 atom stereocenters. The fourth-order valence-electron chi connectivity index (χ4n) is 3.61. The van der Waals surface area contributed by atoms with E-state index in [1.807, 2.05) is 11.8 Å². The number of carbonyl (C=O) groups excluding carboxylic acids is 2. The Hall–Kier alpha value is -2.87. The molecule has 2 aliphatic heterocycles. The van der Waals surface area contributed by atoms with Crippen LogP contribution in [0.3, 0.4) is 0 Å². The average Bonchev–Trinajstić information content (AvgIpc) is 3.18. The SMILES string of the molecule is Cc1ccc(Cl)cc1NC(=O)[C@H]1CC(=O)Nc2nc(N3CCCC3)[nH]c(=O)c21. The van der Waals surface area contributed by atoms with Crippen molar-refractivity contribution >= 4 is 40.9 Å². The van der Waals surface area contributed by atoms with Gasteiger partial charge in [-0.25, -0.2) is 0 Å². The number of fused-ring (bicyclic) bond motifs is 1. The van der Waals surface area contributed by atoms with Gasteiger partial charge < -0.3 is 15.5 Å². The summed E-state index contributed by atoms with van der Waals surface area (Å²) in [6, 6.07) is 5.15. The highest BCUT2D eigenvalue weighted by atomic mass is 35.5. The number of nitrogens with one attached hydrogen (secondary N) is 3. The van der Waals surface area contributed by atoms with Gasteiger partial charge in [-0.2, -0.15) is 4.98 Å². The molecule has 1 fully saturated rings. The van der Waals surface area contributed by atoms with Crippen molar-refractivity contribution in [1.29, 1.82) is 0 Å². The monoisotopic (exact) mass is 401 g/mol. The molecule has 9 heteroatoms. The molecule has 0 spiro atoms. The summed E-state index contributed by atoms with van der Waals surface area (Å²) in [5, 5.41) is 5.90. The molecule has 0 bridgehead atoms. The van der Waals surface area contributed by atoms with E-state index < -0.39 is 17.4 Å². The van der Waals surface area contributed by atoms with E-state index in [2.05, 4.69) is 20.6 Å². The molecular weight excluding hydrogens is 382 g/mol. The molecule has 2 amide bonds. The van der Waals surface area contributed by atoms with Gasteiger partial charge in [0.05, 0.1) is 11.5 Å². The molecule has 0 radical (unpaired) electrons. The largest absolute Gasteiger partial charge is 0.342 e. The van der Waals surface area contributed by atoms with E-state index in [0.717, 1.165) is 31.5 Å². The van der Waals surface area contributed by atoms with Crippen molar-refractivity contribution < 1.29 is 9.59 Å². The zero-order valence-corrected chi connectivity index (χ0v) is 16.1. The van der Waals surface area contributed by atoms with Gasteiger partial charge >= 0.3 is 0 Å². The number of aryl methyl sites for hydroxylation is 1. The van der Waals surface area contributed by atoms with E-state index in [0.29, 0.717) is 16.7 Å². The summed E-state index contributed by atoms with van der Waals surface area (Å²) >= 11 is 6.01. The molecule has 8 nitrogen and oxygen atoms in total. The number of halogens is 1. The highest BCUT2D eigenvalue weighted by Gasteiger charge is 2.35. The first-order chi connectivity index (χ1) is 13.4. The Bertz CT molecular complexity index is 1010. The molecule has 0 unspecified atom stereocenters. The summed E-state index contributed by atoms with van der Waals surface area (Å²) in [6.45, 7) is 3.44. The molecule has 0 aliphatic carbocycles. The van der Waals surface area contributed by atoms with Crippen LogP contribution in [0.2, 0.25) is 5.02 Å². The average molecular weight is 402 g/mol. The number of aromatic amines is 1. The Morgan fingerprint density at radius 3 is 2.79 bits per heavy atom. The van der Waals surface area contributed by atoms with Gasteiger partial charge in [-0.15, -0.1) is 0 Å². The van der Waals surface area contributed by atoms with Crippen LogP contribution in [0.15, 0.2) is 23.0 Å². The maximum Gasteiger partial charge on any atom is 0.258 e. The van der Waals surface area contributed by atoms with Crippen LogP contribution in [0.5, 0.6) is 0 Å². The van der Waals surface area contributed by atoms with Gasteiger partial charge in [0.25, 0.3) is 5.56 Å². The number of aromatic nitrogens is 2. The van der Waals surface area contributed by atoms with Crippen LogP contribution in [0.1, 0.15) is 36.3 Å². The lowest BCUT2D eigenvalue weighted by atomic mass is 9.92. The Labute approximate surface area is 166 Å². The number of carbonyl (C=O) groups is 2. The van der Waals surface area contributed by atoms with Crippen LogP contribution in [-0.4, -0.2) is 34.9 Å². The molecule has 4 rings (SSSR count). The van der Waals surface area contributed by atoms with Crippen molar-refractivity contribution in [3.05, 3.63) is 44.7 Å². The lowest BCUT2D eigenvalue weighted by molar-refractivity contribution is -0.123. The van der Waals surface area contributed by atoms with Gasteiger partial charge in [-0.05, 0) is 37.5 Å². The van der Waals surface area contributed by atoms with Gasteiger partial charge in [-0.1, -0.05) is 17.7 Å². The lowest BCUT2D eigenvalue weighted by Gasteiger charge is -2.25. The van der Waals surface area contributed by atoms with E-state index in [1.54, 1.807) is 18.2 Å². The molecule has 3 heterocycles. The number of amides is 2. The van der Waals surface area contributed by atoms with Crippen molar-refractivity contribution in [1.82, 2.24) is 9.97 Å². The number of hydrogen-bond acceptors (Lipinski definition) is 5. The third kappa shape index (κ3) is 3.47. The Kier molecular flexibility index (Phi) is 4.80. The second-order valence-electron chi connectivity index (χ2n) is 7.10. The second kappa shape index (κ2) is 7.27. The van der Waals surface area contributed by atoms with Gasteiger partial charge in [0.15, 0.2) is 0 Å². The topological polar surface area (TPSA) is 107 Å². The van der Waals surface area contributed by atoms with Crippen molar-refractivity contribution in [3.63, 3.8) is 0 Å². The van der Waals surface area contributed by atoms with Crippen LogP contribution in [-0.2, 0) is 9.59 Å². The number of hydrogen-bond donors (Lipinski definition) is 3. The zero-order chi connectivity index (χ0) is 19.8.